The lowest BCUT2D eigenvalue weighted by Gasteiger charge is -2.34. The molecule has 1 nitrogen and oxygen atoms in total. The molecule has 0 heterocycles. The third kappa shape index (κ3) is 1.86. The summed E-state index contributed by atoms with van der Waals surface area (Å²) in [6.45, 7) is 2.29. The van der Waals surface area contributed by atoms with Gasteiger partial charge in [0.1, 0.15) is 0 Å². The predicted molar refractivity (Wildman–Crippen MR) is 45.3 cm³/mol. The number of hydrogen-bond acceptors (Lipinski definition) is 1. The maximum atomic E-state index is 5.99. The molecular formula is C8H16ClN. The van der Waals surface area contributed by atoms with Crippen LogP contribution in [0.2, 0.25) is 0 Å². The van der Waals surface area contributed by atoms with E-state index in [-0.39, 0.29) is 5.54 Å². The zero-order chi connectivity index (χ0) is 7.61. The number of halogens is 1. The standard InChI is InChI=1S/C8H16ClN/c1-7-2-4-8(10,6-9)5-3-7/h7H,2-6,10H2,1H3. The smallest absolute Gasteiger partial charge is 0.0403 e. The second-order valence-corrected chi connectivity index (χ2v) is 3.95. The van der Waals surface area contributed by atoms with Crippen molar-refractivity contribution < 1.29 is 0 Å². The van der Waals surface area contributed by atoms with Gasteiger partial charge in [-0.1, -0.05) is 6.92 Å². The molecule has 0 amide bonds. The summed E-state index contributed by atoms with van der Waals surface area (Å²) < 4.78 is 0. The van der Waals surface area contributed by atoms with E-state index < -0.39 is 0 Å². The van der Waals surface area contributed by atoms with Crippen LogP contribution in [0.4, 0.5) is 0 Å². The normalized spacial score (nSPS) is 41.7. The minimum Gasteiger partial charge on any atom is -0.324 e. The van der Waals surface area contributed by atoms with Crippen molar-refractivity contribution in [2.24, 2.45) is 11.7 Å². The lowest BCUT2D eigenvalue weighted by Crippen LogP contribution is -2.44. The van der Waals surface area contributed by atoms with Gasteiger partial charge in [0.05, 0.1) is 0 Å². The van der Waals surface area contributed by atoms with Gasteiger partial charge in [-0.15, -0.1) is 11.6 Å². The molecule has 0 atom stereocenters. The van der Waals surface area contributed by atoms with Crippen LogP contribution in [0.3, 0.4) is 0 Å². The summed E-state index contributed by atoms with van der Waals surface area (Å²) in [7, 11) is 0. The molecular weight excluding hydrogens is 146 g/mol. The first kappa shape index (κ1) is 8.35. The van der Waals surface area contributed by atoms with Crippen LogP contribution < -0.4 is 5.73 Å². The largest absolute Gasteiger partial charge is 0.324 e. The van der Waals surface area contributed by atoms with Crippen molar-refractivity contribution in [3.8, 4) is 0 Å². The van der Waals surface area contributed by atoms with Gasteiger partial charge in [-0.3, -0.25) is 0 Å². The third-order valence-electron chi connectivity index (χ3n) is 2.54. The summed E-state index contributed by atoms with van der Waals surface area (Å²) in [6.07, 6.45) is 4.72. The van der Waals surface area contributed by atoms with E-state index in [9.17, 15) is 0 Å². The number of rotatable bonds is 1. The summed E-state index contributed by atoms with van der Waals surface area (Å²) >= 11 is 5.74. The highest BCUT2D eigenvalue weighted by Crippen LogP contribution is 2.30. The van der Waals surface area contributed by atoms with E-state index in [1.165, 1.54) is 12.8 Å². The van der Waals surface area contributed by atoms with Crippen LogP contribution in [-0.4, -0.2) is 11.4 Å². The Morgan fingerprint density at radius 3 is 2.40 bits per heavy atom. The van der Waals surface area contributed by atoms with Crippen LogP contribution in [0, 0.1) is 5.92 Å². The van der Waals surface area contributed by atoms with E-state index in [1.54, 1.807) is 0 Å². The van der Waals surface area contributed by atoms with Gasteiger partial charge >= 0.3 is 0 Å². The number of alkyl halides is 1. The molecule has 1 fully saturated rings. The zero-order valence-corrected chi connectivity index (χ0v) is 7.32. The summed E-state index contributed by atoms with van der Waals surface area (Å²) in [5.74, 6) is 1.49. The molecule has 0 bridgehead atoms. The van der Waals surface area contributed by atoms with E-state index in [0.29, 0.717) is 5.88 Å². The Morgan fingerprint density at radius 1 is 1.50 bits per heavy atom. The second-order valence-electron chi connectivity index (χ2n) is 3.68. The molecule has 60 valence electrons. The summed E-state index contributed by atoms with van der Waals surface area (Å²) in [6, 6.07) is 0. The van der Waals surface area contributed by atoms with Crippen molar-refractivity contribution >= 4 is 11.6 Å². The van der Waals surface area contributed by atoms with Gasteiger partial charge in [0.15, 0.2) is 0 Å². The van der Waals surface area contributed by atoms with Gasteiger partial charge in [0.2, 0.25) is 0 Å². The molecule has 1 rings (SSSR count). The monoisotopic (exact) mass is 161 g/mol. The Hall–Kier alpha value is 0.250. The first-order valence-electron chi connectivity index (χ1n) is 4.01. The average molecular weight is 162 g/mol. The van der Waals surface area contributed by atoms with E-state index in [0.717, 1.165) is 18.8 Å². The SMILES string of the molecule is CC1CCC(N)(CCl)CC1. The molecule has 0 aliphatic heterocycles. The van der Waals surface area contributed by atoms with Gasteiger partial charge < -0.3 is 5.73 Å². The topological polar surface area (TPSA) is 26.0 Å². The Kier molecular flexibility index (Phi) is 2.59. The number of hydrogen-bond donors (Lipinski definition) is 1. The molecule has 0 unspecified atom stereocenters. The van der Waals surface area contributed by atoms with Crippen molar-refractivity contribution in [3.05, 3.63) is 0 Å². The molecule has 0 aromatic rings. The fourth-order valence-electron chi connectivity index (χ4n) is 1.47. The van der Waals surface area contributed by atoms with Crippen molar-refractivity contribution in [2.75, 3.05) is 5.88 Å². The predicted octanol–water partition coefficient (Wildman–Crippen LogP) is 2.13. The van der Waals surface area contributed by atoms with Gasteiger partial charge in [-0.2, -0.15) is 0 Å². The lowest BCUT2D eigenvalue weighted by atomic mass is 9.79. The Labute approximate surface area is 67.9 Å². The summed E-state index contributed by atoms with van der Waals surface area (Å²) in [5.41, 5.74) is 5.95. The van der Waals surface area contributed by atoms with E-state index >= 15 is 0 Å². The molecule has 0 spiro atoms. The Balaban J connectivity index is 2.38. The van der Waals surface area contributed by atoms with Gasteiger partial charge in [-0.05, 0) is 31.6 Å². The van der Waals surface area contributed by atoms with Crippen LogP contribution >= 0.6 is 11.6 Å². The van der Waals surface area contributed by atoms with Crippen LogP contribution in [0.1, 0.15) is 32.6 Å². The number of nitrogens with two attached hydrogens (primary N) is 1. The molecule has 10 heavy (non-hydrogen) atoms. The first-order valence-corrected chi connectivity index (χ1v) is 4.54. The second kappa shape index (κ2) is 3.10. The molecule has 1 aliphatic carbocycles. The van der Waals surface area contributed by atoms with Gasteiger partial charge in [0.25, 0.3) is 0 Å². The van der Waals surface area contributed by atoms with Crippen molar-refractivity contribution in [2.45, 2.75) is 38.1 Å². The minimum atomic E-state index is -0.0337. The molecule has 1 saturated carbocycles. The average Bonchev–Trinajstić information content (AvgIpc) is 1.96. The highest BCUT2D eigenvalue weighted by molar-refractivity contribution is 6.18. The van der Waals surface area contributed by atoms with Crippen molar-refractivity contribution in [1.29, 1.82) is 0 Å². The minimum absolute atomic E-state index is 0.0337. The molecule has 0 aromatic carbocycles. The highest BCUT2D eigenvalue weighted by Gasteiger charge is 2.28. The highest BCUT2D eigenvalue weighted by atomic mass is 35.5. The third-order valence-corrected chi connectivity index (χ3v) is 3.07. The summed E-state index contributed by atoms with van der Waals surface area (Å²) in [4.78, 5) is 0. The molecule has 0 aromatic heterocycles. The molecule has 1 aliphatic rings. The molecule has 0 saturated heterocycles. The summed E-state index contributed by atoms with van der Waals surface area (Å²) in [5, 5.41) is 0. The van der Waals surface area contributed by atoms with Gasteiger partial charge in [-0.25, -0.2) is 0 Å². The van der Waals surface area contributed by atoms with E-state index in [2.05, 4.69) is 6.92 Å². The van der Waals surface area contributed by atoms with Crippen molar-refractivity contribution in [1.82, 2.24) is 0 Å². The maximum absolute atomic E-state index is 5.99. The van der Waals surface area contributed by atoms with Crippen LogP contribution in [0.5, 0.6) is 0 Å². The van der Waals surface area contributed by atoms with E-state index in [4.69, 9.17) is 17.3 Å². The maximum Gasteiger partial charge on any atom is 0.0403 e. The Bertz CT molecular complexity index is 106. The Morgan fingerprint density at radius 2 is 2.00 bits per heavy atom. The zero-order valence-electron chi connectivity index (χ0n) is 6.57. The van der Waals surface area contributed by atoms with Crippen LogP contribution in [0.25, 0.3) is 0 Å². The van der Waals surface area contributed by atoms with Crippen molar-refractivity contribution in [3.63, 3.8) is 0 Å². The molecule has 0 radical (unpaired) electrons. The lowest BCUT2D eigenvalue weighted by molar-refractivity contribution is 0.267. The first-order chi connectivity index (χ1) is 4.66. The van der Waals surface area contributed by atoms with Crippen LogP contribution in [-0.2, 0) is 0 Å². The molecule has 2 N–H and O–H groups in total. The van der Waals surface area contributed by atoms with Gasteiger partial charge in [0, 0.05) is 11.4 Å². The van der Waals surface area contributed by atoms with E-state index in [1.807, 2.05) is 0 Å². The molecule has 2 heteroatoms. The quantitative estimate of drug-likeness (QED) is 0.586. The van der Waals surface area contributed by atoms with Crippen LogP contribution in [0.15, 0.2) is 0 Å². The fourth-order valence-corrected chi connectivity index (χ4v) is 1.74. The fraction of sp³-hybridized carbons (Fsp3) is 1.00.